The van der Waals surface area contributed by atoms with E-state index in [4.69, 9.17) is 23.1 Å². The van der Waals surface area contributed by atoms with Crippen LogP contribution in [-0.2, 0) is 83.2 Å². The fraction of sp³-hybridized carbons (Fsp3) is 0.462. The number of aliphatic hydroxyl groups is 1. The summed E-state index contributed by atoms with van der Waals surface area (Å²) in [5.74, 6) is -12.8. The van der Waals surface area contributed by atoms with Crippen LogP contribution in [-0.4, -0.2) is 202 Å². The van der Waals surface area contributed by atoms with E-state index in [-0.39, 0.29) is 85.3 Å². The van der Waals surface area contributed by atoms with Crippen molar-refractivity contribution in [3.05, 3.63) is 113 Å². The summed E-state index contributed by atoms with van der Waals surface area (Å²) >= 11 is 14.9. The number of carbonyl (C=O) groups excluding carboxylic acids is 11. The van der Waals surface area contributed by atoms with Crippen LogP contribution < -0.4 is 59.3 Å². The quantitative estimate of drug-likeness (QED) is 0.0208. The SMILES string of the molecule is CC[C@H](C)[C@H](NC(=O)[C@H](Cc1c[nH]c2ccccc12)NC(=O)[C@H](CS)NC(=O)[C@H](CC(C)C)NC(=O)CNC(=O)[C@H](Cc1ccc(O)c(Cl)c1)NC(=O)[C@@H]1C[C@@H](O)CN1C(=O)[C@H](CS)NC(=O)[C@H](Cc1cnc[nH]1)NC(=O)[C@@H](N)Cc1ccc(O)cc1)C(=O)N[C@@H](CCC(N)=O)C(=O)O. The second-order valence-corrected chi connectivity index (χ2v) is 25.8. The summed E-state index contributed by atoms with van der Waals surface area (Å²) in [7, 11) is 0. The Morgan fingerprint density at radius 3 is 1.93 bits per heavy atom. The molecule has 12 atom stereocenters. The van der Waals surface area contributed by atoms with Gasteiger partial charge in [0.15, 0.2) is 0 Å². The van der Waals surface area contributed by atoms with Gasteiger partial charge in [0.2, 0.25) is 65.0 Å². The number of likely N-dealkylation sites (tertiary alicyclic amines) is 1. The Labute approximate surface area is 585 Å². The summed E-state index contributed by atoms with van der Waals surface area (Å²) in [4.78, 5) is 176. The zero-order valence-corrected chi connectivity index (χ0v) is 57.3. The Hall–Kier alpha value is -9.44. The lowest BCUT2D eigenvalue weighted by molar-refractivity contribution is -0.143. The molecule has 34 heteroatoms. The number of carboxylic acid groups (broad SMARTS) is 1. The molecule has 3 aromatic carbocycles. The molecule has 5 aromatic rings. The van der Waals surface area contributed by atoms with Gasteiger partial charge in [0.1, 0.15) is 65.9 Å². The molecule has 1 fully saturated rings. The fourth-order valence-corrected chi connectivity index (χ4v) is 11.6. The number of primary amides is 1. The number of nitrogens with zero attached hydrogens (tertiary/aromatic N) is 2. The fourth-order valence-electron chi connectivity index (χ4n) is 10.9. The lowest BCUT2D eigenvalue weighted by Crippen LogP contribution is -2.61. The Morgan fingerprint density at radius 1 is 0.687 bits per heavy atom. The second kappa shape index (κ2) is 37.5. The number of fused-ring (bicyclic) bond motifs is 1. The Bertz CT molecular complexity index is 3680. The molecule has 1 aliphatic rings. The maximum absolute atomic E-state index is 14.4. The number of phenols is 2. The highest BCUT2D eigenvalue weighted by Gasteiger charge is 2.43. The number of benzene rings is 3. The topological polar surface area (TPSA) is 494 Å². The summed E-state index contributed by atoms with van der Waals surface area (Å²) in [6.07, 6.45) is 1.86. The number of phenolic OH excluding ortho intramolecular Hbond substituents is 2. The molecule has 6 rings (SSSR count). The number of aromatic amines is 2. The number of thiol groups is 2. The van der Waals surface area contributed by atoms with Gasteiger partial charge in [-0.15, -0.1) is 0 Å². The molecular weight excluding hydrogens is 1350 g/mol. The number of amides is 11. The van der Waals surface area contributed by atoms with Gasteiger partial charge < -0.3 is 94.6 Å². The van der Waals surface area contributed by atoms with Crippen molar-refractivity contribution in [3.8, 4) is 11.5 Å². The smallest absolute Gasteiger partial charge is 0.326 e. The van der Waals surface area contributed by atoms with Crippen LogP contribution in [0.25, 0.3) is 10.9 Å². The van der Waals surface area contributed by atoms with Crippen molar-refractivity contribution in [2.24, 2.45) is 23.3 Å². The molecule has 3 heterocycles. The first kappa shape index (κ1) is 78.6. The number of carbonyl (C=O) groups is 12. The maximum Gasteiger partial charge on any atom is 0.326 e. The molecule has 0 unspecified atom stereocenters. The van der Waals surface area contributed by atoms with Crippen molar-refractivity contribution < 1.29 is 78.0 Å². The van der Waals surface area contributed by atoms with Crippen molar-refractivity contribution in [2.45, 2.75) is 152 Å². The van der Waals surface area contributed by atoms with Gasteiger partial charge >= 0.3 is 5.97 Å². The molecule has 99 heavy (non-hydrogen) atoms. The molecule has 536 valence electrons. The zero-order chi connectivity index (χ0) is 72.8. The third-order valence-corrected chi connectivity index (χ3v) is 17.5. The van der Waals surface area contributed by atoms with Crippen LogP contribution >= 0.6 is 36.9 Å². The van der Waals surface area contributed by atoms with Crippen LogP contribution in [0.2, 0.25) is 5.02 Å². The summed E-state index contributed by atoms with van der Waals surface area (Å²) < 4.78 is 0. The van der Waals surface area contributed by atoms with Gasteiger partial charge in [-0.05, 0) is 78.1 Å². The third kappa shape index (κ3) is 23.4. The van der Waals surface area contributed by atoms with Crippen LogP contribution in [0.4, 0.5) is 0 Å². The largest absolute Gasteiger partial charge is 0.508 e. The van der Waals surface area contributed by atoms with Crippen molar-refractivity contribution >= 4 is 119 Å². The van der Waals surface area contributed by atoms with E-state index >= 15 is 0 Å². The number of aliphatic carboxylic acids is 1. The number of aromatic nitrogens is 3. The number of aliphatic hydroxyl groups excluding tert-OH is 1. The van der Waals surface area contributed by atoms with E-state index in [1.165, 1.54) is 42.9 Å². The van der Waals surface area contributed by atoms with Crippen molar-refractivity contribution in [2.75, 3.05) is 24.6 Å². The lowest BCUT2D eigenvalue weighted by Gasteiger charge is -2.30. The molecule has 0 aliphatic carbocycles. The van der Waals surface area contributed by atoms with Crippen LogP contribution in [0.5, 0.6) is 11.5 Å². The van der Waals surface area contributed by atoms with E-state index in [2.05, 4.69) is 88.1 Å². The maximum atomic E-state index is 14.4. The molecule has 1 saturated heterocycles. The summed E-state index contributed by atoms with van der Waals surface area (Å²) in [5, 5.41) is 64.4. The molecule has 11 amide bonds. The van der Waals surface area contributed by atoms with E-state index in [9.17, 15) is 78.0 Å². The predicted molar refractivity (Wildman–Crippen MR) is 368 cm³/mol. The Kier molecular flexibility index (Phi) is 29.8. The first-order valence-electron chi connectivity index (χ1n) is 31.9. The normalized spacial score (nSPS) is 16.6. The molecular formula is C65H86ClN15O16S2. The first-order chi connectivity index (χ1) is 47.0. The molecule has 0 bridgehead atoms. The molecule has 0 saturated carbocycles. The van der Waals surface area contributed by atoms with Gasteiger partial charge in [0, 0.05) is 79.1 Å². The molecule has 1 aliphatic heterocycles. The van der Waals surface area contributed by atoms with E-state index in [1.807, 2.05) is 0 Å². The highest BCUT2D eigenvalue weighted by molar-refractivity contribution is 7.80. The van der Waals surface area contributed by atoms with Crippen molar-refractivity contribution in [1.29, 1.82) is 0 Å². The number of aromatic hydroxyl groups is 2. The van der Waals surface area contributed by atoms with Crippen molar-refractivity contribution in [3.63, 3.8) is 0 Å². The van der Waals surface area contributed by atoms with Gasteiger partial charge in [0.25, 0.3) is 0 Å². The van der Waals surface area contributed by atoms with Gasteiger partial charge in [-0.3, -0.25) is 52.7 Å². The van der Waals surface area contributed by atoms with Crippen LogP contribution in [0.3, 0.4) is 0 Å². The number of para-hydroxylation sites is 1. The van der Waals surface area contributed by atoms with Gasteiger partial charge in [-0.2, -0.15) is 25.3 Å². The van der Waals surface area contributed by atoms with E-state index in [0.29, 0.717) is 39.7 Å². The van der Waals surface area contributed by atoms with Crippen LogP contribution in [0, 0.1) is 11.8 Å². The number of hydrogen-bond acceptors (Lipinski definition) is 19. The number of carboxylic acids is 1. The Morgan fingerprint density at radius 2 is 1.29 bits per heavy atom. The number of hydrogen-bond donors (Lipinski definition) is 19. The Balaban J connectivity index is 1.14. The number of halogens is 1. The summed E-state index contributed by atoms with van der Waals surface area (Å²) in [5.41, 5.74) is 14.1. The zero-order valence-electron chi connectivity index (χ0n) is 54.8. The first-order valence-corrected chi connectivity index (χ1v) is 33.6. The molecule has 31 nitrogen and oxygen atoms in total. The molecule has 0 radical (unpaired) electrons. The summed E-state index contributed by atoms with van der Waals surface area (Å²) in [6, 6.07) is 3.02. The number of imidazole rings is 1. The number of rotatable bonds is 37. The minimum Gasteiger partial charge on any atom is -0.508 e. The van der Waals surface area contributed by atoms with E-state index < -0.39 is 156 Å². The average molecular weight is 1430 g/mol. The standard InChI is InChI=1S/C65H86ClN15O16S2/c1-5-33(4)55(63(94)74-44(65(96)97)15-17-53(68)85)80-60(91)47(22-36-25-70-43-9-7-6-8-40(36)43)76-61(92)49(29-98)78-58(89)45(18-32(2)3)73-54(86)27-71-57(88)46(21-35-12-16-52(84)41(66)19-35)77-62(93)51-24-39(83)28-81(51)64(95)50(30-99)79-59(90)48(23-37-26-69-31-72-37)75-56(87)42(67)20-34-10-13-38(82)14-11-34/h6-14,16,19,25-26,31-33,39,42,44-51,55,70,82-84,98-99H,5,15,17-18,20-24,27-30,67H2,1-4H3,(H2,68,85)(H,69,72)(H,71,88)(H,73,86)(H,74,94)(H,75,87)(H,76,92)(H,77,93)(H,78,89)(H,79,90)(H,80,91)(H,96,97)/t33-,39+,42-,44-,45-,46-,47-,48-,49-,50-,51-,55-/m0/s1. The van der Waals surface area contributed by atoms with Crippen molar-refractivity contribution in [1.82, 2.24) is 67.7 Å². The number of nitrogens with two attached hydrogens (primary N) is 2. The monoisotopic (exact) mass is 1430 g/mol. The highest BCUT2D eigenvalue weighted by Crippen LogP contribution is 2.26. The molecule has 0 spiro atoms. The van der Waals surface area contributed by atoms with E-state index in [0.717, 1.165) is 4.90 Å². The van der Waals surface area contributed by atoms with E-state index in [1.54, 1.807) is 70.3 Å². The van der Waals surface area contributed by atoms with Gasteiger partial charge in [-0.25, -0.2) is 9.78 Å². The number of H-pyrrole nitrogens is 2. The number of nitrogens with one attached hydrogen (secondary N) is 11. The minimum absolute atomic E-state index is 0.00552. The predicted octanol–water partition coefficient (Wildman–Crippen LogP) is -1.19. The summed E-state index contributed by atoms with van der Waals surface area (Å²) in [6.45, 7) is 5.67. The number of β-amino-alcohol motifs (C(OH)–C–C–N with tert-alkyl or cyclic N) is 1. The average Bonchev–Trinajstić information content (AvgIpc) is 1.71. The lowest BCUT2D eigenvalue weighted by atomic mass is 9.96. The van der Waals surface area contributed by atoms with Gasteiger partial charge in [-0.1, -0.05) is 82.1 Å². The second-order valence-electron chi connectivity index (χ2n) is 24.6. The van der Waals surface area contributed by atoms with Gasteiger partial charge in [0.05, 0.1) is 30.0 Å². The van der Waals surface area contributed by atoms with Crippen LogP contribution in [0.15, 0.2) is 85.5 Å². The van der Waals surface area contributed by atoms with Crippen LogP contribution in [0.1, 0.15) is 82.2 Å². The molecule has 19 N–H and O–H groups in total. The molecule has 2 aromatic heterocycles. The highest BCUT2D eigenvalue weighted by atomic mass is 35.5. The third-order valence-electron chi connectivity index (χ3n) is 16.5. The minimum atomic E-state index is -1.55.